The zero-order chi connectivity index (χ0) is 6.91. The predicted molar refractivity (Wildman–Crippen MR) is 40.7 cm³/mol. The Bertz CT molecular complexity index is 279. The summed E-state index contributed by atoms with van der Waals surface area (Å²) < 4.78 is 21.0. The summed E-state index contributed by atoms with van der Waals surface area (Å²) in [5.41, 5.74) is 1.42. The van der Waals surface area contributed by atoms with Crippen molar-refractivity contribution in [2.24, 2.45) is 5.14 Å². The average Bonchev–Trinajstić information content (AvgIpc) is 2.08. The molecule has 0 spiro atoms. The SMILES string of the molecule is Cl.NS(=O)(=O)c1cncs1. The number of halogens is 1. The zero-order valence-corrected chi connectivity index (χ0v) is 7.17. The van der Waals surface area contributed by atoms with E-state index in [1.54, 1.807) is 0 Å². The van der Waals surface area contributed by atoms with Crippen LogP contribution in [0.5, 0.6) is 0 Å². The first-order valence-electron chi connectivity index (χ1n) is 2.02. The van der Waals surface area contributed by atoms with E-state index in [1.165, 1.54) is 11.7 Å². The van der Waals surface area contributed by atoms with Crippen LogP contribution in [0.3, 0.4) is 0 Å². The van der Waals surface area contributed by atoms with Gasteiger partial charge in [0.1, 0.15) is 0 Å². The van der Waals surface area contributed by atoms with Gasteiger partial charge in [0.15, 0.2) is 4.21 Å². The number of hydrogen-bond donors (Lipinski definition) is 1. The Morgan fingerprint density at radius 3 is 2.40 bits per heavy atom. The van der Waals surface area contributed by atoms with Gasteiger partial charge in [0.2, 0.25) is 10.0 Å². The first-order chi connectivity index (χ1) is 4.11. The third-order valence-corrected chi connectivity index (χ3v) is 2.91. The lowest BCUT2D eigenvalue weighted by atomic mass is 11.0. The smallest absolute Gasteiger partial charge is 0.249 e. The molecule has 0 aliphatic heterocycles. The van der Waals surface area contributed by atoms with Gasteiger partial charge in [-0.2, -0.15) is 0 Å². The molecule has 0 fully saturated rings. The standard InChI is InChI=1S/C3H4N2O2S2.ClH/c4-9(6,7)3-1-5-2-8-3;/h1-2H,(H2,4,6,7);1H. The van der Waals surface area contributed by atoms with Crippen molar-refractivity contribution in [2.75, 3.05) is 0 Å². The molecule has 0 aliphatic rings. The third kappa shape index (κ3) is 2.22. The van der Waals surface area contributed by atoms with Crippen LogP contribution < -0.4 is 5.14 Å². The predicted octanol–water partition coefficient (Wildman–Crippen LogP) is 0.212. The molecule has 10 heavy (non-hydrogen) atoms. The molecule has 0 atom stereocenters. The highest BCUT2D eigenvalue weighted by atomic mass is 35.5. The van der Waals surface area contributed by atoms with E-state index in [-0.39, 0.29) is 16.6 Å². The van der Waals surface area contributed by atoms with E-state index in [1.807, 2.05) is 0 Å². The van der Waals surface area contributed by atoms with E-state index in [9.17, 15) is 8.42 Å². The van der Waals surface area contributed by atoms with Gasteiger partial charge >= 0.3 is 0 Å². The summed E-state index contributed by atoms with van der Waals surface area (Å²) in [6.45, 7) is 0. The summed E-state index contributed by atoms with van der Waals surface area (Å²) in [6, 6.07) is 0. The van der Waals surface area contributed by atoms with E-state index >= 15 is 0 Å². The molecule has 0 saturated heterocycles. The van der Waals surface area contributed by atoms with Crippen molar-refractivity contribution < 1.29 is 8.42 Å². The van der Waals surface area contributed by atoms with E-state index in [2.05, 4.69) is 4.98 Å². The molecular weight excluding hydrogens is 196 g/mol. The van der Waals surface area contributed by atoms with Crippen LogP contribution in [0.25, 0.3) is 0 Å². The Hall–Kier alpha value is -0.170. The van der Waals surface area contributed by atoms with Gasteiger partial charge in [-0.1, -0.05) is 0 Å². The molecule has 0 bridgehead atoms. The lowest BCUT2D eigenvalue weighted by Gasteiger charge is -1.85. The molecular formula is C3H5ClN2O2S2. The van der Waals surface area contributed by atoms with Crippen LogP contribution in [0.4, 0.5) is 0 Å². The highest BCUT2D eigenvalue weighted by Crippen LogP contribution is 2.09. The van der Waals surface area contributed by atoms with Crippen molar-refractivity contribution in [1.29, 1.82) is 0 Å². The second-order valence-electron chi connectivity index (χ2n) is 1.37. The summed E-state index contributed by atoms with van der Waals surface area (Å²) in [4.78, 5) is 3.55. The molecule has 1 rings (SSSR count). The third-order valence-electron chi connectivity index (χ3n) is 0.690. The monoisotopic (exact) mass is 200 g/mol. The fraction of sp³-hybridized carbons (Fsp3) is 0. The number of primary sulfonamides is 1. The number of nitrogens with zero attached hydrogens (tertiary/aromatic N) is 1. The molecule has 0 saturated carbocycles. The van der Waals surface area contributed by atoms with Crippen molar-refractivity contribution in [3.63, 3.8) is 0 Å². The molecule has 1 aromatic heterocycles. The minimum absolute atomic E-state index is 0. The Morgan fingerprint density at radius 1 is 1.60 bits per heavy atom. The molecule has 1 heterocycles. The summed E-state index contributed by atoms with van der Waals surface area (Å²) in [6.07, 6.45) is 1.22. The second kappa shape index (κ2) is 3.29. The number of aromatic nitrogens is 1. The Balaban J connectivity index is 0.000000810. The number of thiazole rings is 1. The highest BCUT2D eigenvalue weighted by Gasteiger charge is 2.07. The summed E-state index contributed by atoms with van der Waals surface area (Å²) in [5.74, 6) is 0. The molecule has 0 radical (unpaired) electrons. The Morgan fingerprint density at radius 2 is 2.20 bits per heavy atom. The lowest BCUT2D eigenvalue weighted by molar-refractivity contribution is 0.599. The van der Waals surface area contributed by atoms with Crippen LogP contribution in [0, 0.1) is 0 Å². The molecule has 4 nitrogen and oxygen atoms in total. The maximum atomic E-state index is 10.4. The van der Waals surface area contributed by atoms with Crippen LogP contribution in [0.15, 0.2) is 15.9 Å². The highest BCUT2D eigenvalue weighted by molar-refractivity contribution is 7.91. The van der Waals surface area contributed by atoms with Gasteiger partial charge in [-0.05, 0) is 0 Å². The van der Waals surface area contributed by atoms with Gasteiger partial charge in [-0.3, -0.25) is 4.98 Å². The van der Waals surface area contributed by atoms with Gasteiger partial charge in [0.05, 0.1) is 11.7 Å². The summed E-state index contributed by atoms with van der Waals surface area (Å²) >= 11 is 1.01. The maximum absolute atomic E-state index is 10.4. The maximum Gasteiger partial charge on any atom is 0.249 e. The van der Waals surface area contributed by atoms with Crippen molar-refractivity contribution in [3.05, 3.63) is 11.7 Å². The van der Waals surface area contributed by atoms with Crippen LogP contribution >= 0.6 is 23.7 Å². The molecule has 0 aromatic carbocycles. The van der Waals surface area contributed by atoms with Crippen LogP contribution in [-0.2, 0) is 10.0 Å². The van der Waals surface area contributed by atoms with E-state index in [0.717, 1.165) is 11.3 Å². The van der Waals surface area contributed by atoms with Crippen LogP contribution in [-0.4, -0.2) is 13.4 Å². The minimum Gasteiger partial charge on any atom is -0.252 e. The summed E-state index contributed by atoms with van der Waals surface area (Å²) in [5, 5.41) is 4.74. The lowest BCUT2D eigenvalue weighted by Crippen LogP contribution is -2.09. The van der Waals surface area contributed by atoms with Crippen molar-refractivity contribution in [2.45, 2.75) is 4.21 Å². The normalized spacial score (nSPS) is 10.5. The Labute approximate surface area is 68.5 Å². The van der Waals surface area contributed by atoms with Crippen LogP contribution in [0.2, 0.25) is 0 Å². The second-order valence-corrected chi connectivity index (χ2v) is 4.04. The largest absolute Gasteiger partial charge is 0.252 e. The van der Waals surface area contributed by atoms with Gasteiger partial charge in [-0.25, -0.2) is 13.6 Å². The molecule has 2 N–H and O–H groups in total. The minimum atomic E-state index is -3.50. The van der Waals surface area contributed by atoms with Gasteiger partial charge < -0.3 is 0 Å². The quantitative estimate of drug-likeness (QED) is 0.705. The molecule has 0 unspecified atom stereocenters. The van der Waals surface area contributed by atoms with Crippen molar-refractivity contribution in [3.8, 4) is 0 Å². The van der Waals surface area contributed by atoms with E-state index in [0.29, 0.717) is 0 Å². The molecule has 1 aromatic rings. The van der Waals surface area contributed by atoms with E-state index in [4.69, 9.17) is 5.14 Å². The van der Waals surface area contributed by atoms with Crippen LogP contribution in [0.1, 0.15) is 0 Å². The van der Waals surface area contributed by atoms with Crippen molar-refractivity contribution in [1.82, 2.24) is 4.98 Å². The fourth-order valence-electron chi connectivity index (χ4n) is 0.345. The Kier molecular flexibility index (Phi) is 3.23. The number of rotatable bonds is 1. The summed E-state index contributed by atoms with van der Waals surface area (Å²) in [7, 11) is -3.50. The average molecular weight is 201 g/mol. The first-order valence-corrected chi connectivity index (χ1v) is 4.44. The number of sulfonamides is 1. The van der Waals surface area contributed by atoms with Crippen molar-refractivity contribution >= 4 is 33.8 Å². The number of hydrogen-bond acceptors (Lipinski definition) is 4. The molecule has 58 valence electrons. The molecule has 7 heteroatoms. The zero-order valence-electron chi connectivity index (χ0n) is 4.72. The van der Waals surface area contributed by atoms with Gasteiger partial charge in [-0.15, -0.1) is 23.7 Å². The topological polar surface area (TPSA) is 73.1 Å². The van der Waals surface area contributed by atoms with Gasteiger partial charge in [0.25, 0.3) is 0 Å². The fourth-order valence-corrected chi connectivity index (χ4v) is 1.57. The molecule has 0 amide bonds. The van der Waals surface area contributed by atoms with E-state index < -0.39 is 10.0 Å². The number of nitrogens with two attached hydrogens (primary N) is 1. The first kappa shape index (κ1) is 9.83. The molecule has 0 aliphatic carbocycles. The van der Waals surface area contributed by atoms with Gasteiger partial charge in [0, 0.05) is 0 Å².